The molecule has 0 N–H and O–H groups in total. The Kier molecular flexibility index (Phi) is 41.0. The fraction of sp³-hybridized carbons (Fsp3) is 0.784. The summed E-state index contributed by atoms with van der Waals surface area (Å²) in [6, 6.07) is 0. The predicted molar refractivity (Wildman–Crippen MR) is 246 cm³/mol. The molecule has 348 valence electrons. The number of carboxylic acids is 1. The third kappa shape index (κ3) is 43.3. The molecule has 60 heavy (non-hydrogen) atoms. The molecule has 0 aliphatic rings. The molecule has 0 amide bonds. The molecule has 0 heterocycles. The van der Waals surface area contributed by atoms with E-state index in [1.807, 2.05) is 21.1 Å². The zero-order valence-corrected chi connectivity index (χ0v) is 39.3. The Balaban J connectivity index is 4.15. The van der Waals surface area contributed by atoms with Gasteiger partial charge in [-0.25, -0.2) is 0 Å². The van der Waals surface area contributed by atoms with Crippen LogP contribution in [-0.4, -0.2) is 82.3 Å². The molecule has 9 heteroatoms. The van der Waals surface area contributed by atoms with Crippen LogP contribution in [0.5, 0.6) is 0 Å². The number of hydrogen-bond acceptors (Lipinski definition) is 8. The van der Waals surface area contributed by atoms with E-state index in [1.54, 1.807) is 0 Å². The van der Waals surface area contributed by atoms with Gasteiger partial charge in [0.1, 0.15) is 13.2 Å². The average Bonchev–Trinajstić information content (AvgIpc) is 3.21. The average molecular weight is 846 g/mol. The maximum atomic E-state index is 12.8. The standard InChI is InChI=1S/C51H91NO8/c1-6-8-10-12-14-16-17-18-19-20-21-22-23-24-25-26-27-28-29-30-31-32-33-34-36-38-40-42-49(54)60-47(46-59-51(50(55)56)57-44-43-52(3,4)5)45-58-48(53)41-39-37-35-15-13-11-9-7-2/h8,10,14,16,18-19,21-22,47,51H,6-7,9,11-13,15,17,20,23-46H2,1-5H3/b10-8-,16-14-,19-18-,22-21-. The third-order valence-electron chi connectivity index (χ3n) is 10.3. The van der Waals surface area contributed by atoms with Gasteiger partial charge >= 0.3 is 11.9 Å². The molecule has 0 bridgehead atoms. The highest BCUT2D eigenvalue weighted by Crippen LogP contribution is 2.15. The number of rotatable bonds is 44. The van der Waals surface area contributed by atoms with E-state index in [-0.39, 0.29) is 32.2 Å². The van der Waals surface area contributed by atoms with Crippen LogP contribution in [0.15, 0.2) is 48.6 Å². The van der Waals surface area contributed by atoms with Crippen molar-refractivity contribution in [3.8, 4) is 0 Å². The van der Waals surface area contributed by atoms with Gasteiger partial charge in [0.05, 0.1) is 40.3 Å². The molecule has 0 aliphatic heterocycles. The highest BCUT2D eigenvalue weighted by Gasteiger charge is 2.21. The second-order valence-electron chi connectivity index (χ2n) is 17.4. The molecule has 0 saturated carbocycles. The molecule has 2 unspecified atom stereocenters. The number of unbranched alkanes of at least 4 members (excludes halogenated alkanes) is 21. The lowest BCUT2D eigenvalue weighted by atomic mass is 10.0. The number of nitrogens with zero attached hydrogens (tertiary/aromatic N) is 1. The highest BCUT2D eigenvalue weighted by molar-refractivity contribution is 5.70. The van der Waals surface area contributed by atoms with E-state index in [4.69, 9.17) is 18.9 Å². The second-order valence-corrected chi connectivity index (χ2v) is 17.4. The predicted octanol–water partition coefficient (Wildman–Crippen LogP) is 11.8. The molecule has 0 spiro atoms. The highest BCUT2D eigenvalue weighted by atomic mass is 16.7. The van der Waals surface area contributed by atoms with Crippen LogP contribution in [0.4, 0.5) is 0 Å². The van der Waals surface area contributed by atoms with Crippen LogP contribution in [0.1, 0.15) is 200 Å². The summed E-state index contributed by atoms with van der Waals surface area (Å²) >= 11 is 0. The molecule has 0 rings (SSSR count). The van der Waals surface area contributed by atoms with Gasteiger partial charge in [0.2, 0.25) is 0 Å². The lowest BCUT2D eigenvalue weighted by molar-refractivity contribution is -0.870. The summed E-state index contributed by atoms with van der Waals surface area (Å²) in [7, 11) is 5.91. The van der Waals surface area contributed by atoms with Crippen molar-refractivity contribution in [1.29, 1.82) is 0 Å². The van der Waals surface area contributed by atoms with Gasteiger partial charge in [0, 0.05) is 12.8 Å². The van der Waals surface area contributed by atoms with Gasteiger partial charge in [-0.2, -0.15) is 0 Å². The molecule has 0 aromatic heterocycles. The van der Waals surface area contributed by atoms with Crippen LogP contribution in [0.2, 0.25) is 0 Å². The van der Waals surface area contributed by atoms with Crippen molar-refractivity contribution in [2.45, 2.75) is 212 Å². The third-order valence-corrected chi connectivity index (χ3v) is 10.3. The van der Waals surface area contributed by atoms with Gasteiger partial charge in [-0.15, -0.1) is 0 Å². The lowest BCUT2D eigenvalue weighted by Gasteiger charge is -2.26. The van der Waals surface area contributed by atoms with E-state index in [2.05, 4.69) is 62.5 Å². The van der Waals surface area contributed by atoms with Crippen LogP contribution in [0, 0.1) is 0 Å². The van der Waals surface area contributed by atoms with Gasteiger partial charge in [-0.05, 0) is 51.4 Å². The fourth-order valence-electron chi connectivity index (χ4n) is 6.59. The van der Waals surface area contributed by atoms with Gasteiger partial charge in [0.25, 0.3) is 0 Å². The van der Waals surface area contributed by atoms with E-state index < -0.39 is 24.3 Å². The monoisotopic (exact) mass is 846 g/mol. The summed E-state index contributed by atoms with van der Waals surface area (Å²) in [5.41, 5.74) is 0. The van der Waals surface area contributed by atoms with E-state index in [0.29, 0.717) is 23.9 Å². The molecule has 0 saturated heterocycles. The Bertz CT molecular complexity index is 1120. The van der Waals surface area contributed by atoms with Crippen LogP contribution in [-0.2, 0) is 33.3 Å². The Morgan fingerprint density at radius 3 is 1.42 bits per heavy atom. The topological polar surface area (TPSA) is 111 Å². The minimum Gasteiger partial charge on any atom is -0.545 e. The quantitative estimate of drug-likeness (QED) is 0.0196. The van der Waals surface area contributed by atoms with Crippen LogP contribution >= 0.6 is 0 Å². The van der Waals surface area contributed by atoms with Crippen molar-refractivity contribution >= 4 is 17.9 Å². The summed E-state index contributed by atoms with van der Waals surface area (Å²) in [4.78, 5) is 36.9. The normalized spacial score (nSPS) is 13.3. The van der Waals surface area contributed by atoms with E-state index in [1.165, 1.54) is 103 Å². The fourth-order valence-corrected chi connectivity index (χ4v) is 6.59. The number of carbonyl (C=O) groups excluding carboxylic acids is 3. The van der Waals surface area contributed by atoms with Gasteiger partial charge < -0.3 is 33.3 Å². The number of esters is 2. The van der Waals surface area contributed by atoms with Crippen LogP contribution in [0.3, 0.4) is 0 Å². The second kappa shape index (κ2) is 42.9. The number of aliphatic carboxylic acids is 1. The van der Waals surface area contributed by atoms with Crippen LogP contribution in [0.25, 0.3) is 0 Å². The van der Waals surface area contributed by atoms with Crippen molar-refractivity contribution in [1.82, 2.24) is 0 Å². The van der Waals surface area contributed by atoms with Crippen molar-refractivity contribution in [3.05, 3.63) is 48.6 Å². The minimum atomic E-state index is -1.62. The Morgan fingerprint density at radius 2 is 0.950 bits per heavy atom. The van der Waals surface area contributed by atoms with Crippen LogP contribution < -0.4 is 5.11 Å². The zero-order valence-electron chi connectivity index (χ0n) is 39.3. The van der Waals surface area contributed by atoms with E-state index in [9.17, 15) is 19.5 Å². The number of ether oxygens (including phenoxy) is 4. The minimum absolute atomic E-state index is 0.148. The molecule has 0 aromatic carbocycles. The molecule has 0 aliphatic carbocycles. The number of carboxylic acid groups (broad SMARTS) is 1. The largest absolute Gasteiger partial charge is 0.545 e. The number of hydrogen-bond donors (Lipinski definition) is 0. The molecule has 9 nitrogen and oxygen atoms in total. The van der Waals surface area contributed by atoms with Crippen molar-refractivity contribution in [2.75, 3.05) is 47.5 Å². The summed E-state index contributed by atoms with van der Waals surface area (Å²) in [5, 5.41) is 11.7. The summed E-state index contributed by atoms with van der Waals surface area (Å²) in [6.07, 6.45) is 47.4. The van der Waals surface area contributed by atoms with E-state index in [0.717, 1.165) is 64.2 Å². The summed E-state index contributed by atoms with van der Waals surface area (Å²) in [5.74, 6) is -2.29. The number of likely N-dealkylation sites (N-methyl/N-ethyl adjacent to an activating group) is 1. The SMILES string of the molecule is CC/C=C\C/C=C\C/C=C\C/C=C\CCCCCCCCCCCCCCCCC(=O)OC(COC(=O)CCCCCCCCCC)COC(OCC[N+](C)(C)C)C(=O)[O-]. The van der Waals surface area contributed by atoms with Gasteiger partial charge in [-0.3, -0.25) is 9.59 Å². The smallest absolute Gasteiger partial charge is 0.306 e. The Hall–Kier alpha value is -2.75. The Labute approximate surface area is 368 Å². The molecule has 0 fully saturated rings. The number of carbonyl (C=O) groups is 3. The zero-order chi connectivity index (χ0) is 44.2. The first-order chi connectivity index (χ1) is 29.1. The summed E-state index contributed by atoms with van der Waals surface area (Å²) in [6.45, 7) is 4.59. The summed E-state index contributed by atoms with van der Waals surface area (Å²) < 4.78 is 22.5. The molecule has 2 atom stereocenters. The van der Waals surface area contributed by atoms with Crippen molar-refractivity contribution in [2.24, 2.45) is 0 Å². The first-order valence-electron chi connectivity index (χ1n) is 24.3. The van der Waals surface area contributed by atoms with Crippen molar-refractivity contribution in [3.63, 3.8) is 0 Å². The first kappa shape index (κ1) is 57.2. The maximum Gasteiger partial charge on any atom is 0.306 e. The molecule has 0 radical (unpaired) electrons. The number of quaternary nitrogens is 1. The van der Waals surface area contributed by atoms with Gasteiger partial charge in [-0.1, -0.05) is 184 Å². The maximum absolute atomic E-state index is 12.8. The first-order valence-corrected chi connectivity index (χ1v) is 24.3. The Morgan fingerprint density at radius 1 is 0.517 bits per heavy atom. The lowest BCUT2D eigenvalue weighted by Crippen LogP contribution is -2.44. The number of allylic oxidation sites excluding steroid dienone is 8. The molecular formula is C51H91NO8. The van der Waals surface area contributed by atoms with Crippen molar-refractivity contribution < 1.29 is 42.9 Å². The van der Waals surface area contributed by atoms with E-state index >= 15 is 0 Å². The molecular weight excluding hydrogens is 755 g/mol. The van der Waals surface area contributed by atoms with Gasteiger partial charge in [0.15, 0.2) is 12.4 Å². The molecule has 0 aromatic rings.